The van der Waals surface area contributed by atoms with Crippen molar-refractivity contribution in [2.45, 2.75) is 58.0 Å². The Morgan fingerprint density at radius 2 is 2.00 bits per heavy atom. The molecule has 0 spiro atoms. The maximum Gasteiger partial charge on any atom is 0.295 e. The Morgan fingerprint density at radius 3 is 2.59 bits per heavy atom. The fourth-order valence-corrected chi connectivity index (χ4v) is 4.10. The number of aromatic nitrogens is 3. The smallest absolute Gasteiger partial charge is 0.295 e. The Labute approximate surface area is 194 Å². The zero-order valence-corrected chi connectivity index (χ0v) is 19.4. The highest BCUT2D eigenvalue weighted by Gasteiger charge is 2.46. The van der Waals surface area contributed by atoms with Gasteiger partial charge in [-0.2, -0.15) is 0 Å². The van der Waals surface area contributed by atoms with Crippen LogP contribution in [0.1, 0.15) is 56.6 Å². The number of halogens is 4. The number of ether oxygens (including phenoxy) is 1. The van der Waals surface area contributed by atoms with Gasteiger partial charge >= 0.3 is 0 Å². The molecule has 1 aromatic carbocycles. The highest BCUT2D eigenvalue weighted by molar-refractivity contribution is 5.92. The Kier molecular flexibility index (Phi) is 6.03. The predicted molar refractivity (Wildman–Crippen MR) is 121 cm³/mol. The van der Waals surface area contributed by atoms with E-state index in [1.807, 2.05) is 0 Å². The fourth-order valence-electron chi connectivity index (χ4n) is 4.10. The molecule has 0 saturated heterocycles. The van der Waals surface area contributed by atoms with Crippen molar-refractivity contribution in [3.63, 3.8) is 0 Å². The standard InChI is InChI=1S/C24H26F4N4O2/c1-5-34-20-19-16(11-32(22(20)33)24(12-25)9-10-24)21(31-14(3)30-19)29-13(2)15-7-6-8-17(18(15)26)23(4,27)28/h6-8,11,13H,5,9-10,12H2,1-4H3,(H,29,30,31)/t13-/m1/s1. The maximum absolute atomic E-state index is 14.9. The molecule has 1 aliphatic carbocycles. The first kappa shape index (κ1) is 24.0. The van der Waals surface area contributed by atoms with Gasteiger partial charge in [0.15, 0.2) is 0 Å². The number of alkyl halides is 3. The van der Waals surface area contributed by atoms with E-state index in [0.717, 1.165) is 6.07 Å². The van der Waals surface area contributed by atoms with Crippen LogP contribution in [-0.4, -0.2) is 27.8 Å². The van der Waals surface area contributed by atoms with E-state index >= 15 is 0 Å². The molecule has 1 N–H and O–H groups in total. The van der Waals surface area contributed by atoms with Crippen LogP contribution in [0.3, 0.4) is 0 Å². The summed E-state index contributed by atoms with van der Waals surface area (Å²) in [5, 5.41) is 3.45. The Morgan fingerprint density at radius 1 is 1.29 bits per heavy atom. The number of rotatable bonds is 8. The largest absolute Gasteiger partial charge is 0.487 e. The number of aryl methyl sites for hydroxylation is 1. The number of hydrogen-bond acceptors (Lipinski definition) is 5. The molecule has 34 heavy (non-hydrogen) atoms. The van der Waals surface area contributed by atoms with Gasteiger partial charge in [-0.25, -0.2) is 27.5 Å². The normalized spacial score (nSPS) is 15.9. The summed E-state index contributed by atoms with van der Waals surface area (Å²) in [5.41, 5.74) is -1.84. The van der Waals surface area contributed by atoms with Gasteiger partial charge in [0.2, 0.25) is 5.75 Å². The highest BCUT2D eigenvalue weighted by Crippen LogP contribution is 2.44. The fraction of sp³-hybridized carbons (Fsp3) is 0.458. The molecule has 10 heteroatoms. The summed E-state index contributed by atoms with van der Waals surface area (Å²) in [6.45, 7) is 5.09. The molecule has 2 heterocycles. The molecule has 4 rings (SSSR count). The van der Waals surface area contributed by atoms with Crippen molar-refractivity contribution in [3.8, 4) is 5.75 Å². The first-order valence-electron chi connectivity index (χ1n) is 11.1. The first-order valence-corrected chi connectivity index (χ1v) is 11.1. The lowest BCUT2D eigenvalue weighted by Crippen LogP contribution is -2.33. The molecule has 1 fully saturated rings. The highest BCUT2D eigenvalue weighted by atomic mass is 19.3. The number of hydrogen-bond donors (Lipinski definition) is 1. The van der Waals surface area contributed by atoms with Crippen molar-refractivity contribution in [1.82, 2.24) is 14.5 Å². The molecule has 0 aliphatic heterocycles. The minimum absolute atomic E-state index is 0.0141. The summed E-state index contributed by atoms with van der Waals surface area (Å²) >= 11 is 0. The van der Waals surface area contributed by atoms with Crippen LogP contribution >= 0.6 is 0 Å². The zero-order valence-electron chi connectivity index (χ0n) is 19.4. The molecule has 0 amide bonds. The molecule has 1 saturated carbocycles. The van der Waals surface area contributed by atoms with Gasteiger partial charge in [-0.1, -0.05) is 18.2 Å². The number of pyridine rings is 1. The summed E-state index contributed by atoms with van der Waals surface area (Å²) in [5.74, 6) is -3.79. The van der Waals surface area contributed by atoms with E-state index in [0.29, 0.717) is 31.0 Å². The molecular formula is C24H26F4N4O2. The number of nitrogens with zero attached hydrogens (tertiary/aromatic N) is 3. The van der Waals surface area contributed by atoms with E-state index in [1.165, 1.54) is 22.9 Å². The maximum atomic E-state index is 14.9. The van der Waals surface area contributed by atoms with Crippen LogP contribution in [0.4, 0.5) is 23.4 Å². The van der Waals surface area contributed by atoms with Crippen LogP contribution in [0.5, 0.6) is 5.75 Å². The van der Waals surface area contributed by atoms with Gasteiger partial charge in [-0.15, -0.1) is 0 Å². The predicted octanol–water partition coefficient (Wildman–Crippen LogP) is 5.38. The SMILES string of the molecule is CCOc1c(=O)n(C2(CF)CC2)cc2c(N[C@H](C)c3cccc(C(C)(F)F)c3F)nc(C)nc12. The van der Waals surface area contributed by atoms with Crippen molar-refractivity contribution in [3.05, 3.63) is 57.5 Å². The van der Waals surface area contributed by atoms with E-state index in [1.54, 1.807) is 20.8 Å². The second kappa shape index (κ2) is 8.56. The third kappa shape index (κ3) is 4.10. The van der Waals surface area contributed by atoms with Crippen LogP contribution in [0.15, 0.2) is 29.2 Å². The summed E-state index contributed by atoms with van der Waals surface area (Å²) in [7, 11) is 0. The summed E-state index contributed by atoms with van der Waals surface area (Å²) in [6.07, 6.45) is 2.51. The van der Waals surface area contributed by atoms with Crippen molar-refractivity contribution in [1.29, 1.82) is 0 Å². The summed E-state index contributed by atoms with van der Waals surface area (Å²) < 4.78 is 63.4. The van der Waals surface area contributed by atoms with E-state index in [-0.39, 0.29) is 29.3 Å². The molecule has 3 aromatic rings. The topological polar surface area (TPSA) is 69.0 Å². The number of anilines is 1. The van der Waals surface area contributed by atoms with E-state index < -0.39 is 41.1 Å². The second-order valence-electron chi connectivity index (χ2n) is 8.77. The molecular weight excluding hydrogens is 452 g/mol. The van der Waals surface area contributed by atoms with Crippen LogP contribution in [0, 0.1) is 12.7 Å². The van der Waals surface area contributed by atoms with Gasteiger partial charge < -0.3 is 14.6 Å². The van der Waals surface area contributed by atoms with Crippen molar-refractivity contribution in [2.75, 3.05) is 18.6 Å². The van der Waals surface area contributed by atoms with Gasteiger partial charge in [-0.3, -0.25) is 4.79 Å². The minimum Gasteiger partial charge on any atom is -0.487 e. The van der Waals surface area contributed by atoms with Crippen LogP contribution in [-0.2, 0) is 11.5 Å². The van der Waals surface area contributed by atoms with Gasteiger partial charge in [0, 0.05) is 18.7 Å². The Balaban J connectivity index is 1.86. The monoisotopic (exact) mass is 478 g/mol. The van der Waals surface area contributed by atoms with Crippen LogP contribution in [0.25, 0.3) is 10.9 Å². The van der Waals surface area contributed by atoms with Crippen molar-refractivity contribution >= 4 is 16.7 Å². The Bertz CT molecular complexity index is 1300. The molecule has 2 aromatic heterocycles. The van der Waals surface area contributed by atoms with E-state index in [4.69, 9.17) is 4.74 Å². The quantitative estimate of drug-likeness (QED) is 0.440. The molecule has 0 radical (unpaired) electrons. The summed E-state index contributed by atoms with van der Waals surface area (Å²) in [6, 6.07) is 3.08. The minimum atomic E-state index is -3.34. The summed E-state index contributed by atoms with van der Waals surface area (Å²) in [4.78, 5) is 21.9. The zero-order chi connectivity index (χ0) is 24.8. The van der Waals surface area contributed by atoms with E-state index in [9.17, 15) is 22.4 Å². The lowest BCUT2D eigenvalue weighted by molar-refractivity contribution is 0.0136. The van der Waals surface area contributed by atoms with Gasteiger partial charge in [0.25, 0.3) is 11.5 Å². The number of benzene rings is 1. The third-order valence-corrected chi connectivity index (χ3v) is 6.14. The molecule has 0 bridgehead atoms. The number of fused-ring (bicyclic) bond motifs is 1. The van der Waals surface area contributed by atoms with Crippen LogP contribution < -0.4 is 15.6 Å². The molecule has 182 valence electrons. The van der Waals surface area contributed by atoms with Gasteiger partial charge in [0.1, 0.15) is 29.7 Å². The molecule has 1 aliphatic rings. The van der Waals surface area contributed by atoms with Gasteiger partial charge in [0.05, 0.1) is 29.1 Å². The number of nitrogens with one attached hydrogen (secondary N) is 1. The lowest BCUT2D eigenvalue weighted by Gasteiger charge is -2.22. The first-order chi connectivity index (χ1) is 16.0. The molecule has 6 nitrogen and oxygen atoms in total. The van der Waals surface area contributed by atoms with Gasteiger partial charge in [-0.05, 0) is 33.6 Å². The molecule has 0 unspecified atom stereocenters. The average molecular weight is 478 g/mol. The molecule has 1 atom stereocenters. The Hall–Kier alpha value is -3.17. The average Bonchev–Trinajstić information content (AvgIpc) is 3.56. The van der Waals surface area contributed by atoms with Crippen molar-refractivity contribution in [2.24, 2.45) is 0 Å². The van der Waals surface area contributed by atoms with Crippen molar-refractivity contribution < 1.29 is 22.3 Å². The lowest BCUT2D eigenvalue weighted by atomic mass is 10.0. The van der Waals surface area contributed by atoms with Crippen LogP contribution in [0.2, 0.25) is 0 Å². The third-order valence-electron chi connectivity index (χ3n) is 6.14. The second-order valence-corrected chi connectivity index (χ2v) is 8.77. The van der Waals surface area contributed by atoms with E-state index in [2.05, 4.69) is 15.3 Å².